The standard InChI is InChI=1S/C84H136N20O22/c1-15-47(12)67(103-77(119)59(41-63(109)110)96-76(118)58(39-50-25-18-16-19-26-50)97-78(120)64(87)44(6)7)81(123)98-56(37-42(2)3)75(117)95-55(32-34-62(107)108)70(112)91-48(13)69(111)92-54(31-33-61(86)106)72(114)93-52(29-22-23-35-85)73(115)101-65(45(8)9)79(121)102-66(46(10)11)80(122)104-68(49(14)105)82(124)99-57(38-43(4)5)74(116)94-53(30-24-36-90-84(88)89)71(113)100-60(83(125)126)40-51-27-20-17-21-28-51/h16-21,25-28,42-49,52-60,64-68,105H,15,22-24,29-41,85,87H2,1-14H3,(H2,86,106)(H,91,112)(H,92,111)(H,93,114)(H,94,116)(H,95,117)(H,96,118)(H,97,120)(H,98,123)(H,99,124)(H,100,113)(H,101,115)(H,102,121)(H,103,119)(H,104,122)(H,107,108)(H,109,110)(H,125,126)(H4,88,89,90)/t47-,48-,49+,52-,53-,54-,55-,56-,57-,58-,59-,60-,64-,65-,66-,67-,68-/m0/s1. The van der Waals surface area contributed by atoms with Gasteiger partial charge in [0.25, 0.3) is 0 Å². The minimum atomic E-state index is -1.84. The number of aliphatic imine (C=N–C) groups is 1. The number of unbranched alkanes of at least 4 members (excludes halogenated alkanes) is 1. The molecule has 42 heteroatoms. The zero-order valence-electron chi connectivity index (χ0n) is 74.5. The first kappa shape index (κ1) is 110. The molecule has 0 saturated carbocycles. The number of guanidine groups is 1. The Bertz CT molecular complexity index is 4000. The second-order valence-corrected chi connectivity index (χ2v) is 33.4. The van der Waals surface area contributed by atoms with Crippen LogP contribution in [0.4, 0.5) is 0 Å². The van der Waals surface area contributed by atoms with E-state index in [0.717, 1.165) is 6.92 Å². The maximum absolute atomic E-state index is 14.5. The first-order chi connectivity index (χ1) is 59.0. The smallest absolute Gasteiger partial charge is 0.326 e. The molecule has 42 nitrogen and oxygen atoms in total. The average Bonchev–Trinajstić information content (AvgIpc) is 0.844. The van der Waals surface area contributed by atoms with E-state index in [0.29, 0.717) is 17.5 Å². The molecule has 15 amide bonds. The largest absolute Gasteiger partial charge is 0.481 e. The molecule has 0 unspecified atom stereocenters. The van der Waals surface area contributed by atoms with Crippen molar-refractivity contribution < 1.29 is 107 Å². The van der Waals surface area contributed by atoms with Crippen LogP contribution in [0, 0.1) is 35.5 Å². The molecule has 0 aliphatic rings. The average molecular weight is 1780 g/mol. The summed E-state index contributed by atoms with van der Waals surface area (Å²) in [5.74, 6) is -22.8. The molecule has 126 heavy (non-hydrogen) atoms. The van der Waals surface area contributed by atoms with Crippen molar-refractivity contribution >= 4 is 112 Å². The van der Waals surface area contributed by atoms with E-state index in [1.165, 1.54) is 20.8 Å². The quantitative estimate of drug-likeness (QED) is 0.0178. The van der Waals surface area contributed by atoms with Gasteiger partial charge in [0.2, 0.25) is 88.6 Å². The molecule has 704 valence electrons. The monoisotopic (exact) mass is 1780 g/mol. The van der Waals surface area contributed by atoms with Crippen LogP contribution in [-0.4, -0.2) is 243 Å². The van der Waals surface area contributed by atoms with Crippen LogP contribution < -0.4 is 103 Å². The highest BCUT2D eigenvalue weighted by atomic mass is 16.4. The Balaban J connectivity index is 2.46. The number of aliphatic hydroxyl groups is 1. The lowest BCUT2D eigenvalue weighted by molar-refractivity contribution is -0.142. The summed E-state index contributed by atoms with van der Waals surface area (Å²) in [4.78, 5) is 252. The summed E-state index contributed by atoms with van der Waals surface area (Å²) < 4.78 is 0. The van der Waals surface area contributed by atoms with Crippen molar-refractivity contribution in [1.29, 1.82) is 0 Å². The highest BCUT2D eigenvalue weighted by Crippen LogP contribution is 2.18. The number of hydrogen-bond donors (Lipinski definition) is 23. The third-order valence-corrected chi connectivity index (χ3v) is 20.4. The SMILES string of the molecule is CC[C@H](C)[C@H](NC(=O)[C@H](CC(=O)O)NC(=O)[C@H](Cc1ccccc1)NC(=O)[C@@H](N)C(C)C)C(=O)N[C@@H](CC(C)C)C(=O)N[C@@H](CCC(=O)O)C(=O)N[C@@H](C)C(=O)N[C@@H](CCC(N)=O)C(=O)N[C@@H](CCCCN)C(=O)N[C@H](C(=O)N[C@H](C(=O)N[C@H](C(=O)N[C@@H](CC(C)C)C(=O)N[C@@H](CCCN=C(N)N)C(=O)N[C@@H](Cc1ccccc1)C(=O)O)[C@@H](C)O)C(C)C)C(C)C. The second-order valence-electron chi connectivity index (χ2n) is 33.4. The predicted molar refractivity (Wildman–Crippen MR) is 464 cm³/mol. The molecule has 2 aromatic carbocycles. The maximum atomic E-state index is 14.5. The fourth-order valence-electron chi connectivity index (χ4n) is 12.8. The Kier molecular flexibility index (Phi) is 49.0. The van der Waals surface area contributed by atoms with Crippen molar-refractivity contribution in [2.75, 3.05) is 13.1 Å². The molecule has 0 aliphatic heterocycles. The van der Waals surface area contributed by atoms with Crippen LogP contribution in [0.5, 0.6) is 0 Å². The molecule has 0 bridgehead atoms. The molecular formula is C84H136N20O22. The minimum absolute atomic E-state index is 0.0162. The molecule has 0 spiro atoms. The van der Waals surface area contributed by atoms with Gasteiger partial charge in [-0.2, -0.15) is 0 Å². The normalized spacial score (nSPS) is 15.3. The number of carbonyl (C=O) groups excluding carboxylic acids is 15. The number of nitrogens with one attached hydrogen (secondary N) is 14. The number of carbonyl (C=O) groups is 18. The number of hydrogen-bond acceptors (Lipinski definition) is 22. The van der Waals surface area contributed by atoms with Crippen molar-refractivity contribution in [3.8, 4) is 0 Å². The summed E-state index contributed by atoms with van der Waals surface area (Å²) in [6, 6.07) is -6.10. The number of carboxylic acids is 3. The van der Waals surface area contributed by atoms with E-state index in [1.807, 2.05) is 0 Å². The van der Waals surface area contributed by atoms with Crippen LogP contribution in [0.2, 0.25) is 0 Å². The number of aliphatic hydroxyl groups excluding tert-OH is 1. The molecule has 0 heterocycles. The lowest BCUT2D eigenvalue weighted by atomic mass is 9.96. The second kappa shape index (κ2) is 56.1. The summed E-state index contributed by atoms with van der Waals surface area (Å²) >= 11 is 0. The first-order valence-electron chi connectivity index (χ1n) is 42.5. The van der Waals surface area contributed by atoms with Crippen molar-refractivity contribution in [1.82, 2.24) is 74.4 Å². The number of amides is 15. The zero-order valence-corrected chi connectivity index (χ0v) is 74.5. The number of benzene rings is 2. The van der Waals surface area contributed by atoms with Crippen molar-refractivity contribution in [3.05, 3.63) is 71.8 Å². The van der Waals surface area contributed by atoms with E-state index < -0.39 is 253 Å². The molecule has 0 saturated heterocycles. The molecular weight excluding hydrogens is 1640 g/mol. The number of nitrogens with zero attached hydrogens (tertiary/aromatic N) is 1. The molecule has 0 aliphatic carbocycles. The lowest BCUT2D eigenvalue weighted by Crippen LogP contribution is -2.63. The van der Waals surface area contributed by atoms with Gasteiger partial charge in [0.1, 0.15) is 84.6 Å². The summed E-state index contributed by atoms with van der Waals surface area (Å²) in [6.07, 6.45) is -4.90. The van der Waals surface area contributed by atoms with E-state index in [2.05, 4.69) is 79.4 Å². The van der Waals surface area contributed by atoms with Gasteiger partial charge in [-0.15, -0.1) is 0 Å². The summed E-state index contributed by atoms with van der Waals surface area (Å²) in [5.41, 5.74) is 29.6. The van der Waals surface area contributed by atoms with Gasteiger partial charge in [-0.25, -0.2) is 4.79 Å². The van der Waals surface area contributed by atoms with E-state index >= 15 is 0 Å². The van der Waals surface area contributed by atoms with E-state index in [9.17, 15) is 107 Å². The van der Waals surface area contributed by atoms with Crippen molar-refractivity contribution in [2.24, 2.45) is 69.2 Å². The Morgan fingerprint density at radius 3 is 1.14 bits per heavy atom. The van der Waals surface area contributed by atoms with E-state index in [4.69, 9.17) is 28.7 Å². The van der Waals surface area contributed by atoms with Gasteiger partial charge in [-0.3, -0.25) is 86.5 Å². The third kappa shape index (κ3) is 40.8. The van der Waals surface area contributed by atoms with Gasteiger partial charge in [-0.05, 0) is 125 Å². The molecule has 2 aromatic rings. The number of rotatable bonds is 59. The highest BCUT2D eigenvalue weighted by Gasteiger charge is 2.41. The number of carboxylic acid groups (broad SMARTS) is 3. The fourth-order valence-corrected chi connectivity index (χ4v) is 12.8. The summed E-state index contributed by atoms with van der Waals surface area (Å²) in [7, 11) is 0. The molecule has 0 aromatic heterocycles. The Morgan fingerprint density at radius 2 is 0.722 bits per heavy atom. The molecule has 0 radical (unpaired) electrons. The van der Waals surface area contributed by atoms with Gasteiger partial charge < -0.3 is 124 Å². The number of primary amides is 1. The fraction of sp³-hybridized carbons (Fsp3) is 0.631. The van der Waals surface area contributed by atoms with Gasteiger partial charge in [0, 0.05) is 32.2 Å². The maximum Gasteiger partial charge on any atom is 0.326 e. The first-order valence-corrected chi connectivity index (χ1v) is 42.5. The van der Waals surface area contributed by atoms with Gasteiger partial charge >= 0.3 is 17.9 Å². The summed E-state index contributed by atoms with van der Waals surface area (Å²) in [6.45, 7) is 22.0. The number of nitrogens with two attached hydrogens (primary N) is 5. The van der Waals surface area contributed by atoms with Gasteiger partial charge in [0.05, 0.1) is 18.6 Å². The third-order valence-electron chi connectivity index (χ3n) is 20.4. The highest BCUT2D eigenvalue weighted by molar-refractivity contribution is 6.01. The molecule has 17 atom stereocenters. The van der Waals surface area contributed by atoms with Gasteiger partial charge in [-0.1, -0.05) is 150 Å². The summed E-state index contributed by atoms with van der Waals surface area (Å²) in [5, 5.41) is 76.1. The predicted octanol–water partition coefficient (Wildman–Crippen LogP) is -3.03. The Morgan fingerprint density at radius 1 is 0.365 bits per heavy atom. The Hall–Kier alpha value is -12.0. The van der Waals surface area contributed by atoms with Crippen LogP contribution in [-0.2, 0) is 99.1 Å². The van der Waals surface area contributed by atoms with Crippen molar-refractivity contribution in [2.45, 2.75) is 290 Å². The molecule has 0 fully saturated rings. The topological polar surface area (TPSA) is 699 Å². The van der Waals surface area contributed by atoms with Gasteiger partial charge in [0.15, 0.2) is 5.96 Å². The molecule has 2 rings (SSSR count). The van der Waals surface area contributed by atoms with Crippen LogP contribution >= 0.6 is 0 Å². The van der Waals surface area contributed by atoms with E-state index in [1.54, 1.807) is 130 Å². The van der Waals surface area contributed by atoms with E-state index in [-0.39, 0.29) is 94.6 Å². The number of aliphatic carboxylic acids is 3. The van der Waals surface area contributed by atoms with Crippen LogP contribution in [0.3, 0.4) is 0 Å². The van der Waals surface area contributed by atoms with Crippen molar-refractivity contribution in [3.63, 3.8) is 0 Å². The van der Waals surface area contributed by atoms with Crippen LogP contribution in [0.1, 0.15) is 192 Å². The Labute approximate surface area is 734 Å². The zero-order chi connectivity index (χ0) is 95.5. The lowest BCUT2D eigenvalue weighted by Gasteiger charge is -2.31. The minimum Gasteiger partial charge on any atom is -0.481 e. The van der Waals surface area contributed by atoms with Crippen LogP contribution in [0.15, 0.2) is 65.7 Å². The van der Waals surface area contributed by atoms with Crippen LogP contribution in [0.25, 0.3) is 0 Å². The molecule has 28 N–H and O–H groups in total.